The summed E-state index contributed by atoms with van der Waals surface area (Å²) >= 11 is 1.73. The molecule has 0 saturated carbocycles. The molecule has 1 fully saturated rings. The van der Waals surface area contributed by atoms with Gasteiger partial charge in [-0.25, -0.2) is 0 Å². The topological polar surface area (TPSA) is 46.3 Å². The molecule has 0 radical (unpaired) electrons. The first-order valence-corrected chi connectivity index (χ1v) is 7.99. The van der Waals surface area contributed by atoms with E-state index < -0.39 is 0 Å². The van der Waals surface area contributed by atoms with Gasteiger partial charge in [-0.3, -0.25) is 4.79 Å². The van der Waals surface area contributed by atoms with E-state index in [4.69, 9.17) is 5.73 Å². The number of rotatable bonds is 3. The molecule has 2 heterocycles. The van der Waals surface area contributed by atoms with Gasteiger partial charge < -0.3 is 10.6 Å². The minimum absolute atomic E-state index is 0.0859. The lowest BCUT2D eigenvalue weighted by Gasteiger charge is -2.22. The molecule has 21 heavy (non-hydrogen) atoms. The van der Waals surface area contributed by atoms with Gasteiger partial charge in [-0.05, 0) is 48.1 Å². The van der Waals surface area contributed by atoms with Gasteiger partial charge >= 0.3 is 0 Å². The Morgan fingerprint density at radius 2 is 2.10 bits per heavy atom. The van der Waals surface area contributed by atoms with Gasteiger partial charge in [0.1, 0.15) is 0 Å². The van der Waals surface area contributed by atoms with Crippen LogP contribution in [-0.2, 0) is 4.79 Å². The van der Waals surface area contributed by atoms with Crippen molar-refractivity contribution in [2.75, 3.05) is 12.3 Å². The maximum Gasteiger partial charge on any atom is 0.247 e. The van der Waals surface area contributed by atoms with Crippen LogP contribution in [0, 0.1) is 0 Å². The molecule has 2 N–H and O–H groups in total. The Hall–Kier alpha value is -2.07. The van der Waals surface area contributed by atoms with Crippen LogP contribution in [0.2, 0.25) is 0 Å². The number of anilines is 1. The summed E-state index contributed by atoms with van der Waals surface area (Å²) in [6.07, 6.45) is 5.65. The van der Waals surface area contributed by atoms with E-state index in [1.165, 1.54) is 4.88 Å². The van der Waals surface area contributed by atoms with Crippen molar-refractivity contribution >= 4 is 29.0 Å². The van der Waals surface area contributed by atoms with E-state index >= 15 is 0 Å². The molecule has 2 aromatic rings. The Kier molecular flexibility index (Phi) is 4.06. The second-order valence-electron chi connectivity index (χ2n) is 5.21. The molecule has 0 spiro atoms. The Balaban J connectivity index is 1.71. The van der Waals surface area contributed by atoms with E-state index in [2.05, 4.69) is 11.4 Å². The Labute approximate surface area is 128 Å². The molecular weight excluding hydrogens is 280 g/mol. The van der Waals surface area contributed by atoms with Gasteiger partial charge in [0.05, 0.1) is 6.04 Å². The minimum atomic E-state index is 0.0859. The van der Waals surface area contributed by atoms with Crippen molar-refractivity contribution in [3.8, 4) is 0 Å². The van der Waals surface area contributed by atoms with Crippen molar-refractivity contribution in [3.63, 3.8) is 0 Å². The van der Waals surface area contributed by atoms with E-state index in [1.807, 2.05) is 41.3 Å². The summed E-state index contributed by atoms with van der Waals surface area (Å²) in [5.74, 6) is 0.0859. The number of nitrogens with two attached hydrogens (primary N) is 1. The van der Waals surface area contributed by atoms with Gasteiger partial charge in [0, 0.05) is 23.2 Å². The van der Waals surface area contributed by atoms with E-state index in [1.54, 1.807) is 17.4 Å². The summed E-state index contributed by atoms with van der Waals surface area (Å²) in [4.78, 5) is 15.7. The van der Waals surface area contributed by atoms with Gasteiger partial charge in [0.25, 0.3) is 0 Å². The van der Waals surface area contributed by atoms with E-state index in [0.29, 0.717) is 0 Å². The lowest BCUT2D eigenvalue weighted by molar-refractivity contribution is -0.126. The molecule has 108 valence electrons. The van der Waals surface area contributed by atoms with Gasteiger partial charge in [-0.2, -0.15) is 0 Å². The molecule has 4 heteroatoms. The number of carbonyl (C=O) groups excluding carboxylic acids is 1. The fourth-order valence-corrected chi connectivity index (χ4v) is 3.55. The molecule has 1 aromatic heterocycles. The minimum Gasteiger partial charge on any atom is -0.399 e. The number of hydrogen-bond acceptors (Lipinski definition) is 3. The Morgan fingerprint density at radius 1 is 1.29 bits per heavy atom. The predicted molar refractivity (Wildman–Crippen MR) is 87.9 cm³/mol. The molecule has 1 atom stereocenters. The molecule has 1 aromatic carbocycles. The molecule has 1 unspecified atom stereocenters. The highest BCUT2D eigenvalue weighted by atomic mass is 32.1. The molecule has 1 aliphatic rings. The summed E-state index contributed by atoms with van der Waals surface area (Å²) in [7, 11) is 0. The van der Waals surface area contributed by atoms with Crippen LogP contribution in [0.15, 0.2) is 47.9 Å². The van der Waals surface area contributed by atoms with Crippen LogP contribution in [-0.4, -0.2) is 17.4 Å². The molecule has 1 aliphatic heterocycles. The first-order chi connectivity index (χ1) is 10.2. The molecule has 0 bridgehead atoms. The molecule has 1 amide bonds. The second-order valence-corrected chi connectivity index (χ2v) is 6.18. The summed E-state index contributed by atoms with van der Waals surface area (Å²) < 4.78 is 0. The average molecular weight is 298 g/mol. The summed E-state index contributed by atoms with van der Waals surface area (Å²) in [6, 6.07) is 11.9. The maximum atomic E-state index is 12.4. The van der Waals surface area contributed by atoms with Crippen LogP contribution in [0.4, 0.5) is 5.69 Å². The first kappa shape index (κ1) is 13.9. The zero-order valence-electron chi connectivity index (χ0n) is 11.7. The number of amides is 1. The third kappa shape index (κ3) is 3.16. The second kappa shape index (κ2) is 6.14. The summed E-state index contributed by atoms with van der Waals surface area (Å²) in [6.45, 7) is 0.841. The lowest BCUT2D eigenvalue weighted by Crippen LogP contribution is -2.28. The van der Waals surface area contributed by atoms with E-state index in [0.717, 1.165) is 30.6 Å². The van der Waals surface area contributed by atoms with Gasteiger partial charge in [-0.15, -0.1) is 11.3 Å². The largest absolute Gasteiger partial charge is 0.399 e. The van der Waals surface area contributed by atoms with Gasteiger partial charge in [0.2, 0.25) is 5.91 Å². The summed E-state index contributed by atoms with van der Waals surface area (Å²) in [5.41, 5.74) is 7.38. The number of likely N-dealkylation sites (tertiary alicyclic amines) is 1. The summed E-state index contributed by atoms with van der Waals surface area (Å²) in [5, 5.41) is 2.07. The normalized spacial score (nSPS) is 18.5. The van der Waals surface area contributed by atoms with Crippen molar-refractivity contribution in [2.24, 2.45) is 0 Å². The molecule has 3 rings (SSSR count). The quantitative estimate of drug-likeness (QED) is 0.693. The van der Waals surface area contributed by atoms with Crippen LogP contribution < -0.4 is 5.73 Å². The van der Waals surface area contributed by atoms with E-state index in [-0.39, 0.29) is 11.9 Å². The van der Waals surface area contributed by atoms with Crippen LogP contribution in [0.3, 0.4) is 0 Å². The predicted octanol–water partition coefficient (Wildman–Crippen LogP) is 3.71. The number of benzene rings is 1. The number of thiophene rings is 1. The third-order valence-electron chi connectivity index (χ3n) is 3.76. The van der Waals surface area contributed by atoms with Crippen molar-refractivity contribution in [2.45, 2.75) is 18.9 Å². The van der Waals surface area contributed by atoms with Crippen molar-refractivity contribution < 1.29 is 4.79 Å². The number of hydrogen-bond donors (Lipinski definition) is 1. The van der Waals surface area contributed by atoms with Gasteiger partial charge in [-0.1, -0.05) is 18.2 Å². The van der Waals surface area contributed by atoms with Crippen LogP contribution in [0.25, 0.3) is 6.08 Å². The van der Waals surface area contributed by atoms with Crippen LogP contribution in [0.5, 0.6) is 0 Å². The van der Waals surface area contributed by atoms with Gasteiger partial charge in [0.15, 0.2) is 0 Å². The smallest absolute Gasteiger partial charge is 0.247 e. The maximum absolute atomic E-state index is 12.4. The van der Waals surface area contributed by atoms with E-state index in [9.17, 15) is 4.79 Å². The fourth-order valence-electron chi connectivity index (χ4n) is 2.68. The van der Waals surface area contributed by atoms with Crippen LogP contribution in [0.1, 0.15) is 29.3 Å². The molecular formula is C17H18N2OS. The Bertz CT molecular complexity index is 631. The van der Waals surface area contributed by atoms with Crippen LogP contribution >= 0.6 is 11.3 Å². The first-order valence-electron chi connectivity index (χ1n) is 7.11. The monoisotopic (exact) mass is 298 g/mol. The number of nitrogen functional groups attached to an aromatic ring is 1. The van der Waals surface area contributed by atoms with Crippen molar-refractivity contribution in [3.05, 3.63) is 58.3 Å². The molecule has 3 nitrogen and oxygen atoms in total. The highest BCUT2D eigenvalue weighted by molar-refractivity contribution is 7.10. The number of nitrogens with zero attached hydrogens (tertiary/aromatic N) is 1. The lowest BCUT2D eigenvalue weighted by atomic mass is 10.1. The van der Waals surface area contributed by atoms with Crippen molar-refractivity contribution in [1.82, 2.24) is 4.90 Å². The fraction of sp³-hybridized carbons (Fsp3) is 0.235. The van der Waals surface area contributed by atoms with Crippen molar-refractivity contribution in [1.29, 1.82) is 0 Å². The highest BCUT2D eigenvalue weighted by Crippen LogP contribution is 2.34. The zero-order chi connectivity index (χ0) is 14.7. The standard InChI is InChI=1S/C17H18N2OS/c18-14-8-5-13(6-9-14)7-10-17(20)19-11-1-3-15(19)16-4-2-12-21-16/h2,4-10,12,15H,1,3,11,18H2/b10-7+. The SMILES string of the molecule is Nc1ccc(/C=C/C(=O)N2CCCC2c2cccs2)cc1. The molecule has 1 saturated heterocycles. The Morgan fingerprint density at radius 3 is 2.81 bits per heavy atom. The highest BCUT2D eigenvalue weighted by Gasteiger charge is 2.29. The number of carbonyl (C=O) groups is 1. The molecule has 0 aliphatic carbocycles. The zero-order valence-corrected chi connectivity index (χ0v) is 12.6. The average Bonchev–Trinajstić information content (AvgIpc) is 3.16. The third-order valence-corrected chi connectivity index (χ3v) is 4.74.